The lowest BCUT2D eigenvalue weighted by Crippen LogP contribution is -2.26. The van der Waals surface area contributed by atoms with Gasteiger partial charge in [0.2, 0.25) is 0 Å². The van der Waals surface area contributed by atoms with E-state index in [2.05, 4.69) is 19.1 Å². The SMILES string of the molecule is CCc1ccc(CN(C)C(=O)c2cccc(C)c2O)cc1. The van der Waals surface area contributed by atoms with E-state index >= 15 is 0 Å². The van der Waals surface area contributed by atoms with Gasteiger partial charge in [0, 0.05) is 13.6 Å². The largest absolute Gasteiger partial charge is 0.507 e. The van der Waals surface area contributed by atoms with Crippen molar-refractivity contribution in [3.05, 3.63) is 64.7 Å². The molecule has 0 unspecified atom stereocenters. The van der Waals surface area contributed by atoms with Gasteiger partial charge in [-0.25, -0.2) is 0 Å². The van der Waals surface area contributed by atoms with Crippen LogP contribution in [0.5, 0.6) is 5.75 Å². The molecule has 0 aliphatic heterocycles. The first-order valence-electron chi connectivity index (χ1n) is 7.14. The maximum Gasteiger partial charge on any atom is 0.257 e. The molecule has 21 heavy (non-hydrogen) atoms. The van der Waals surface area contributed by atoms with Crippen LogP contribution in [-0.4, -0.2) is 23.0 Å². The molecular formula is C18H21NO2. The molecule has 0 aliphatic rings. The highest BCUT2D eigenvalue weighted by Crippen LogP contribution is 2.23. The maximum absolute atomic E-state index is 12.4. The first-order chi connectivity index (χ1) is 10.0. The Hall–Kier alpha value is -2.29. The summed E-state index contributed by atoms with van der Waals surface area (Å²) >= 11 is 0. The van der Waals surface area contributed by atoms with Gasteiger partial charge in [0.15, 0.2) is 0 Å². The molecule has 1 N–H and O–H groups in total. The number of aryl methyl sites for hydroxylation is 2. The van der Waals surface area contributed by atoms with Crippen LogP contribution in [0, 0.1) is 6.92 Å². The fraction of sp³-hybridized carbons (Fsp3) is 0.278. The van der Waals surface area contributed by atoms with Crippen LogP contribution in [0.2, 0.25) is 0 Å². The third-order valence-electron chi connectivity index (χ3n) is 3.67. The van der Waals surface area contributed by atoms with Crippen molar-refractivity contribution in [2.45, 2.75) is 26.8 Å². The molecule has 2 aromatic rings. The number of phenols is 1. The average molecular weight is 283 g/mol. The van der Waals surface area contributed by atoms with Gasteiger partial charge in [0.1, 0.15) is 5.75 Å². The smallest absolute Gasteiger partial charge is 0.257 e. The molecule has 2 aromatic carbocycles. The highest BCUT2D eigenvalue weighted by Gasteiger charge is 2.16. The number of amides is 1. The summed E-state index contributed by atoms with van der Waals surface area (Å²) in [5.41, 5.74) is 3.42. The molecule has 0 saturated carbocycles. The van der Waals surface area contributed by atoms with Crippen LogP contribution in [0.1, 0.15) is 34.0 Å². The van der Waals surface area contributed by atoms with Crippen molar-refractivity contribution in [3.8, 4) is 5.75 Å². The topological polar surface area (TPSA) is 40.5 Å². The van der Waals surface area contributed by atoms with E-state index in [-0.39, 0.29) is 11.7 Å². The zero-order valence-corrected chi connectivity index (χ0v) is 12.8. The van der Waals surface area contributed by atoms with E-state index < -0.39 is 0 Å². The second kappa shape index (κ2) is 6.44. The Morgan fingerprint density at radius 2 is 1.71 bits per heavy atom. The average Bonchev–Trinajstić information content (AvgIpc) is 2.50. The minimum atomic E-state index is -0.171. The summed E-state index contributed by atoms with van der Waals surface area (Å²) in [5.74, 6) is -0.105. The fourth-order valence-electron chi connectivity index (χ4n) is 2.26. The first-order valence-corrected chi connectivity index (χ1v) is 7.14. The molecule has 110 valence electrons. The number of benzene rings is 2. The van der Waals surface area contributed by atoms with Crippen LogP contribution in [-0.2, 0) is 13.0 Å². The first kappa shape index (κ1) is 15.1. The fourth-order valence-corrected chi connectivity index (χ4v) is 2.26. The monoisotopic (exact) mass is 283 g/mol. The molecule has 0 atom stereocenters. The number of phenolic OH excluding ortho intramolecular Hbond substituents is 1. The van der Waals surface area contributed by atoms with Gasteiger partial charge in [-0.1, -0.05) is 43.3 Å². The van der Waals surface area contributed by atoms with Gasteiger partial charge in [-0.05, 0) is 36.1 Å². The predicted octanol–water partition coefficient (Wildman–Crippen LogP) is 3.54. The molecule has 0 heterocycles. The van der Waals surface area contributed by atoms with E-state index in [4.69, 9.17) is 0 Å². The standard InChI is InChI=1S/C18H21NO2/c1-4-14-8-10-15(11-9-14)12-19(3)18(21)16-7-5-6-13(2)17(16)20/h5-11,20H,4,12H2,1-3H3. The Bertz CT molecular complexity index is 632. The van der Waals surface area contributed by atoms with Crippen LogP contribution in [0.15, 0.2) is 42.5 Å². The number of hydrogen-bond donors (Lipinski definition) is 1. The summed E-state index contributed by atoms with van der Waals surface area (Å²) in [6.07, 6.45) is 1.01. The zero-order chi connectivity index (χ0) is 15.4. The van der Waals surface area contributed by atoms with Crippen LogP contribution in [0.4, 0.5) is 0 Å². The van der Waals surface area contributed by atoms with Gasteiger partial charge in [-0.3, -0.25) is 4.79 Å². The van der Waals surface area contributed by atoms with Crippen molar-refractivity contribution in [1.29, 1.82) is 0 Å². The third-order valence-corrected chi connectivity index (χ3v) is 3.67. The minimum Gasteiger partial charge on any atom is -0.507 e. The lowest BCUT2D eigenvalue weighted by molar-refractivity contribution is 0.0782. The molecule has 0 aliphatic carbocycles. The van der Waals surface area contributed by atoms with E-state index in [1.54, 1.807) is 37.1 Å². The number of carbonyl (C=O) groups excluding carboxylic acids is 1. The minimum absolute atomic E-state index is 0.0654. The third kappa shape index (κ3) is 3.43. The van der Waals surface area contributed by atoms with Crippen molar-refractivity contribution in [1.82, 2.24) is 4.90 Å². The van der Waals surface area contributed by atoms with Crippen molar-refractivity contribution in [2.75, 3.05) is 7.05 Å². The lowest BCUT2D eigenvalue weighted by Gasteiger charge is -2.18. The van der Waals surface area contributed by atoms with Crippen molar-refractivity contribution >= 4 is 5.91 Å². The number of rotatable bonds is 4. The van der Waals surface area contributed by atoms with Crippen molar-refractivity contribution < 1.29 is 9.90 Å². The summed E-state index contributed by atoms with van der Waals surface area (Å²) in [7, 11) is 1.75. The molecule has 0 bridgehead atoms. The van der Waals surface area contributed by atoms with Gasteiger partial charge >= 0.3 is 0 Å². The maximum atomic E-state index is 12.4. The van der Waals surface area contributed by atoms with E-state index in [1.807, 2.05) is 12.1 Å². The number of carbonyl (C=O) groups is 1. The van der Waals surface area contributed by atoms with E-state index in [1.165, 1.54) is 5.56 Å². The molecule has 0 spiro atoms. The van der Waals surface area contributed by atoms with Gasteiger partial charge in [-0.15, -0.1) is 0 Å². The summed E-state index contributed by atoms with van der Waals surface area (Å²) in [6, 6.07) is 13.5. The Labute approximate surface area is 125 Å². The molecule has 3 heteroatoms. The normalized spacial score (nSPS) is 10.4. The Balaban J connectivity index is 2.13. The van der Waals surface area contributed by atoms with Gasteiger partial charge < -0.3 is 10.0 Å². The second-order valence-electron chi connectivity index (χ2n) is 5.30. The number of aromatic hydroxyl groups is 1. The molecule has 0 fully saturated rings. The summed E-state index contributed by atoms with van der Waals surface area (Å²) in [6.45, 7) is 4.43. The molecule has 0 radical (unpaired) electrons. The van der Waals surface area contributed by atoms with Gasteiger partial charge in [0.25, 0.3) is 5.91 Å². The van der Waals surface area contributed by atoms with Crippen molar-refractivity contribution in [3.63, 3.8) is 0 Å². The van der Waals surface area contributed by atoms with E-state index in [0.717, 1.165) is 12.0 Å². The molecular weight excluding hydrogens is 262 g/mol. The molecule has 1 amide bonds. The lowest BCUT2D eigenvalue weighted by atomic mass is 10.1. The van der Waals surface area contributed by atoms with Crippen LogP contribution >= 0.6 is 0 Å². The van der Waals surface area contributed by atoms with E-state index in [9.17, 15) is 9.90 Å². The van der Waals surface area contributed by atoms with Crippen LogP contribution in [0.25, 0.3) is 0 Å². The van der Waals surface area contributed by atoms with E-state index in [0.29, 0.717) is 17.7 Å². The Morgan fingerprint density at radius 1 is 1.10 bits per heavy atom. The number of para-hydroxylation sites is 1. The summed E-state index contributed by atoms with van der Waals surface area (Å²) < 4.78 is 0. The number of hydrogen-bond acceptors (Lipinski definition) is 2. The predicted molar refractivity (Wildman–Crippen MR) is 84.5 cm³/mol. The van der Waals surface area contributed by atoms with Crippen LogP contribution in [0.3, 0.4) is 0 Å². The number of nitrogens with zero attached hydrogens (tertiary/aromatic N) is 1. The highest BCUT2D eigenvalue weighted by atomic mass is 16.3. The quantitative estimate of drug-likeness (QED) is 0.932. The summed E-state index contributed by atoms with van der Waals surface area (Å²) in [5, 5.41) is 10.0. The highest BCUT2D eigenvalue weighted by molar-refractivity contribution is 5.97. The molecule has 2 rings (SSSR count). The van der Waals surface area contributed by atoms with Gasteiger partial charge in [-0.2, -0.15) is 0 Å². The zero-order valence-electron chi connectivity index (χ0n) is 12.8. The molecule has 3 nitrogen and oxygen atoms in total. The van der Waals surface area contributed by atoms with Gasteiger partial charge in [0.05, 0.1) is 5.56 Å². The van der Waals surface area contributed by atoms with Crippen molar-refractivity contribution in [2.24, 2.45) is 0 Å². The van der Waals surface area contributed by atoms with Crippen LogP contribution < -0.4 is 0 Å². The Morgan fingerprint density at radius 3 is 2.33 bits per heavy atom. The summed E-state index contributed by atoms with van der Waals surface area (Å²) in [4.78, 5) is 14.0. The molecule has 0 aromatic heterocycles. The Kier molecular flexibility index (Phi) is 4.63. The molecule has 0 saturated heterocycles. The second-order valence-corrected chi connectivity index (χ2v) is 5.30.